The Bertz CT molecular complexity index is 604. The summed E-state index contributed by atoms with van der Waals surface area (Å²) in [6.07, 6.45) is 6.19. The number of unbranched alkanes of at least 4 members (excludes halogenated alkanes) is 2. The normalized spacial score (nSPS) is 11.8. The van der Waals surface area contributed by atoms with Gasteiger partial charge >= 0.3 is 6.03 Å². The van der Waals surface area contributed by atoms with E-state index in [1.807, 2.05) is 0 Å². The summed E-state index contributed by atoms with van der Waals surface area (Å²) in [6, 6.07) is -0.521. The standard InChI is InChI=1S/C11H13Cl3N6O/c1-2-3-4-5-8-9(11(12,13)14)16-18-20(8)10(21)19-7-6-15-17-19/h6-7H,2-5H2,1H3. The minimum absolute atomic E-state index is 0.164. The van der Waals surface area contributed by atoms with Gasteiger partial charge in [0.15, 0.2) is 0 Å². The number of carbonyl (C=O) groups excluding carboxylic acids is 1. The highest BCUT2D eigenvalue weighted by Crippen LogP contribution is 2.39. The zero-order valence-corrected chi connectivity index (χ0v) is 13.5. The van der Waals surface area contributed by atoms with E-state index in [2.05, 4.69) is 27.5 Å². The Hall–Kier alpha value is -1.18. The van der Waals surface area contributed by atoms with E-state index in [1.165, 1.54) is 12.4 Å². The fraction of sp³-hybridized carbons (Fsp3) is 0.545. The number of alkyl halides is 3. The number of hydrogen-bond donors (Lipinski definition) is 0. The maximum absolute atomic E-state index is 12.3. The minimum atomic E-state index is -1.73. The Morgan fingerprint density at radius 2 is 2.05 bits per heavy atom. The SMILES string of the molecule is CCCCCc1c(C(Cl)(Cl)Cl)nnn1C(=O)n1ccnn1. The summed E-state index contributed by atoms with van der Waals surface area (Å²) in [5.74, 6) is 0. The van der Waals surface area contributed by atoms with Crippen LogP contribution in [0.1, 0.15) is 37.6 Å². The van der Waals surface area contributed by atoms with E-state index in [1.54, 1.807) is 0 Å². The van der Waals surface area contributed by atoms with E-state index in [4.69, 9.17) is 34.8 Å². The van der Waals surface area contributed by atoms with Crippen LogP contribution in [0.4, 0.5) is 4.79 Å². The molecular formula is C11H13Cl3N6O. The number of halogens is 3. The van der Waals surface area contributed by atoms with Gasteiger partial charge in [0, 0.05) is 0 Å². The van der Waals surface area contributed by atoms with Crippen molar-refractivity contribution in [3.05, 3.63) is 23.8 Å². The zero-order valence-electron chi connectivity index (χ0n) is 11.2. The van der Waals surface area contributed by atoms with E-state index in [0.717, 1.165) is 28.6 Å². The Morgan fingerprint density at radius 1 is 1.29 bits per heavy atom. The second-order valence-corrected chi connectivity index (χ2v) is 6.66. The van der Waals surface area contributed by atoms with Crippen molar-refractivity contribution in [3.63, 3.8) is 0 Å². The van der Waals surface area contributed by atoms with Crippen LogP contribution in [-0.4, -0.2) is 36.0 Å². The van der Waals surface area contributed by atoms with Crippen LogP contribution in [0.25, 0.3) is 0 Å². The Morgan fingerprint density at radius 3 is 2.62 bits per heavy atom. The molecule has 114 valence electrons. The van der Waals surface area contributed by atoms with E-state index < -0.39 is 9.82 Å². The average Bonchev–Trinajstić information content (AvgIpc) is 3.07. The molecule has 0 N–H and O–H groups in total. The molecule has 21 heavy (non-hydrogen) atoms. The van der Waals surface area contributed by atoms with Crippen molar-refractivity contribution < 1.29 is 4.79 Å². The Kier molecular flexibility index (Phi) is 5.18. The lowest BCUT2D eigenvalue weighted by atomic mass is 10.1. The minimum Gasteiger partial charge on any atom is -0.243 e. The maximum Gasteiger partial charge on any atom is 0.372 e. The number of nitrogens with zero attached hydrogens (tertiary/aromatic N) is 6. The van der Waals surface area contributed by atoms with Crippen LogP contribution in [0.15, 0.2) is 12.4 Å². The van der Waals surface area contributed by atoms with Gasteiger partial charge in [-0.1, -0.05) is 65.0 Å². The summed E-state index contributed by atoms with van der Waals surface area (Å²) in [5, 5.41) is 14.8. The summed E-state index contributed by atoms with van der Waals surface area (Å²) < 4.78 is 0.407. The van der Waals surface area contributed by atoms with Gasteiger partial charge in [0.1, 0.15) is 5.69 Å². The molecule has 2 aromatic heterocycles. The van der Waals surface area contributed by atoms with Crippen LogP contribution >= 0.6 is 34.8 Å². The first-order chi connectivity index (χ1) is 9.95. The highest BCUT2D eigenvalue weighted by Gasteiger charge is 2.33. The van der Waals surface area contributed by atoms with Crippen molar-refractivity contribution in [1.82, 2.24) is 30.0 Å². The molecule has 0 saturated heterocycles. The molecule has 0 fully saturated rings. The van der Waals surface area contributed by atoms with Gasteiger partial charge < -0.3 is 0 Å². The van der Waals surface area contributed by atoms with E-state index in [-0.39, 0.29) is 5.69 Å². The monoisotopic (exact) mass is 350 g/mol. The summed E-state index contributed by atoms with van der Waals surface area (Å²) in [7, 11) is 0. The van der Waals surface area contributed by atoms with Crippen LogP contribution in [0.3, 0.4) is 0 Å². The second-order valence-electron chi connectivity index (χ2n) is 4.38. The molecule has 10 heteroatoms. The maximum atomic E-state index is 12.3. The van der Waals surface area contributed by atoms with Crippen molar-refractivity contribution >= 4 is 40.8 Å². The summed E-state index contributed by atoms with van der Waals surface area (Å²) in [6.45, 7) is 2.08. The van der Waals surface area contributed by atoms with Crippen LogP contribution in [0, 0.1) is 0 Å². The highest BCUT2D eigenvalue weighted by molar-refractivity contribution is 6.66. The fourth-order valence-corrected chi connectivity index (χ4v) is 2.29. The zero-order chi connectivity index (χ0) is 15.5. The van der Waals surface area contributed by atoms with E-state index in [9.17, 15) is 4.79 Å². The quantitative estimate of drug-likeness (QED) is 0.625. The predicted molar refractivity (Wildman–Crippen MR) is 78.7 cm³/mol. The third-order valence-corrected chi connectivity index (χ3v) is 3.39. The molecule has 7 nitrogen and oxygen atoms in total. The second kappa shape index (κ2) is 6.72. The molecule has 0 aromatic carbocycles. The van der Waals surface area contributed by atoms with Crippen molar-refractivity contribution in [1.29, 1.82) is 0 Å². The lowest BCUT2D eigenvalue weighted by Gasteiger charge is -2.11. The molecule has 0 spiro atoms. The molecule has 0 saturated carbocycles. The number of rotatable bonds is 4. The first kappa shape index (κ1) is 16.2. The third kappa shape index (κ3) is 3.72. The van der Waals surface area contributed by atoms with E-state index in [0.29, 0.717) is 12.1 Å². The van der Waals surface area contributed by atoms with Crippen molar-refractivity contribution in [3.8, 4) is 0 Å². The molecule has 0 aliphatic carbocycles. The molecular weight excluding hydrogens is 339 g/mol. The van der Waals surface area contributed by atoms with Gasteiger partial charge in [-0.25, -0.2) is 4.79 Å². The summed E-state index contributed by atoms with van der Waals surface area (Å²) in [4.78, 5) is 12.3. The van der Waals surface area contributed by atoms with Gasteiger partial charge in [0.05, 0.1) is 18.1 Å². The molecule has 0 aliphatic heterocycles. The molecule has 2 rings (SSSR count). The number of hydrogen-bond acceptors (Lipinski definition) is 5. The lowest BCUT2D eigenvalue weighted by Crippen LogP contribution is -2.24. The number of carbonyl (C=O) groups is 1. The van der Waals surface area contributed by atoms with E-state index >= 15 is 0 Å². The van der Waals surface area contributed by atoms with Gasteiger partial charge in [0.2, 0.25) is 3.79 Å². The van der Waals surface area contributed by atoms with Gasteiger partial charge in [-0.3, -0.25) is 0 Å². The highest BCUT2D eigenvalue weighted by atomic mass is 35.6. The van der Waals surface area contributed by atoms with Crippen LogP contribution < -0.4 is 0 Å². The van der Waals surface area contributed by atoms with Crippen molar-refractivity contribution in [2.24, 2.45) is 0 Å². The smallest absolute Gasteiger partial charge is 0.243 e. The van der Waals surface area contributed by atoms with Crippen molar-refractivity contribution in [2.45, 2.75) is 36.4 Å². The third-order valence-electron chi connectivity index (χ3n) is 2.85. The largest absolute Gasteiger partial charge is 0.372 e. The first-order valence-electron chi connectivity index (χ1n) is 6.38. The van der Waals surface area contributed by atoms with Gasteiger partial charge in [-0.15, -0.1) is 10.2 Å². The van der Waals surface area contributed by atoms with Gasteiger partial charge in [-0.2, -0.15) is 9.36 Å². The molecule has 0 atom stereocenters. The Labute approximate surface area is 136 Å². The number of aromatic nitrogens is 6. The lowest BCUT2D eigenvalue weighted by molar-refractivity contribution is 0.236. The summed E-state index contributed by atoms with van der Waals surface area (Å²) >= 11 is 17.7. The van der Waals surface area contributed by atoms with Gasteiger partial charge in [0.25, 0.3) is 0 Å². The first-order valence-corrected chi connectivity index (χ1v) is 7.51. The fourth-order valence-electron chi connectivity index (χ4n) is 1.85. The topological polar surface area (TPSA) is 78.5 Å². The molecule has 0 aliphatic rings. The molecule has 2 aromatic rings. The van der Waals surface area contributed by atoms with Crippen LogP contribution in [0.5, 0.6) is 0 Å². The van der Waals surface area contributed by atoms with Crippen LogP contribution in [0.2, 0.25) is 0 Å². The van der Waals surface area contributed by atoms with Crippen molar-refractivity contribution in [2.75, 3.05) is 0 Å². The molecule has 2 heterocycles. The predicted octanol–water partition coefficient (Wildman–Crippen LogP) is 2.95. The van der Waals surface area contributed by atoms with Gasteiger partial charge in [-0.05, 0) is 12.8 Å². The van der Waals surface area contributed by atoms with Crippen LogP contribution in [-0.2, 0) is 10.2 Å². The molecule has 0 unspecified atom stereocenters. The molecule has 0 amide bonds. The average molecular weight is 352 g/mol. The molecule has 0 radical (unpaired) electrons. The molecule has 0 bridgehead atoms. The Balaban J connectivity index is 2.36. The summed E-state index contributed by atoms with van der Waals surface area (Å²) in [5.41, 5.74) is 0.640.